The van der Waals surface area contributed by atoms with Crippen LogP contribution >= 0.6 is 0 Å². The Balaban J connectivity index is 3.57. The van der Waals surface area contributed by atoms with Gasteiger partial charge in [-0.15, -0.1) is 0 Å². The second-order valence-electron chi connectivity index (χ2n) is 3.38. The fraction of sp³-hybridized carbons (Fsp3) is 0.889. The molecule has 0 aromatic carbocycles. The van der Waals surface area contributed by atoms with Gasteiger partial charge in [0, 0.05) is 7.11 Å². The summed E-state index contributed by atoms with van der Waals surface area (Å²) in [5.41, 5.74) is 0. The highest BCUT2D eigenvalue weighted by atomic mass is 16.5. The van der Waals surface area contributed by atoms with Gasteiger partial charge >= 0.3 is 5.97 Å². The third kappa shape index (κ3) is 5.13. The molecule has 0 saturated carbocycles. The van der Waals surface area contributed by atoms with E-state index in [1.165, 1.54) is 0 Å². The highest BCUT2D eigenvalue weighted by Crippen LogP contribution is 2.01. The van der Waals surface area contributed by atoms with Gasteiger partial charge in [0.1, 0.15) is 0 Å². The second kappa shape index (κ2) is 6.00. The number of esters is 1. The normalized spacial score (nSPS) is 13.1. The maximum absolute atomic E-state index is 11.1. The van der Waals surface area contributed by atoms with Crippen molar-refractivity contribution >= 4 is 5.97 Å². The highest BCUT2D eigenvalue weighted by Gasteiger charge is 2.13. The maximum Gasteiger partial charge on any atom is 0.311 e. The van der Waals surface area contributed by atoms with Crippen LogP contribution in [0.1, 0.15) is 20.8 Å². The fourth-order valence-electron chi connectivity index (χ4n) is 0.709. The van der Waals surface area contributed by atoms with Crippen molar-refractivity contribution < 1.29 is 14.3 Å². The van der Waals surface area contributed by atoms with Gasteiger partial charge in [-0.2, -0.15) is 0 Å². The van der Waals surface area contributed by atoms with Crippen LogP contribution in [-0.4, -0.2) is 26.3 Å². The number of carbonyl (C=O) groups is 1. The third-order valence-electron chi connectivity index (χ3n) is 1.38. The number of hydrogen-bond acceptors (Lipinski definition) is 3. The Labute approximate surface area is 74.0 Å². The first-order valence-electron chi connectivity index (χ1n) is 4.23. The molecule has 0 heterocycles. The number of hydrogen-bond donors (Lipinski definition) is 0. The highest BCUT2D eigenvalue weighted by molar-refractivity contribution is 5.72. The predicted octanol–water partition coefficient (Wildman–Crippen LogP) is 1.47. The molecule has 0 rings (SSSR count). The summed E-state index contributed by atoms with van der Waals surface area (Å²) in [6.07, 6.45) is 0. The van der Waals surface area contributed by atoms with Crippen LogP contribution in [0.4, 0.5) is 0 Å². The van der Waals surface area contributed by atoms with Gasteiger partial charge in [-0.3, -0.25) is 4.79 Å². The molecule has 0 saturated heterocycles. The molecular weight excluding hydrogens is 156 g/mol. The summed E-state index contributed by atoms with van der Waals surface area (Å²) in [4.78, 5) is 11.1. The molecular formula is C9H18O3. The zero-order valence-electron chi connectivity index (χ0n) is 8.29. The first-order valence-corrected chi connectivity index (χ1v) is 4.23. The molecule has 0 radical (unpaired) electrons. The zero-order valence-corrected chi connectivity index (χ0v) is 8.29. The lowest BCUT2D eigenvalue weighted by Gasteiger charge is -2.11. The summed E-state index contributed by atoms with van der Waals surface area (Å²) < 4.78 is 9.83. The van der Waals surface area contributed by atoms with Crippen molar-refractivity contribution in [3.8, 4) is 0 Å². The SMILES string of the molecule is COCC(C)C(=O)OCC(C)C. The lowest BCUT2D eigenvalue weighted by atomic mass is 10.2. The van der Waals surface area contributed by atoms with E-state index in [9.17, 15) is 4.79 Å². The Morgan fingerprint density at radius 3 is 2.25 bits per heavy atom. The van der Waals surface area contributed by atoms with Crippen molar-refractivity contribution in [2.24, 2.45) is 11.8 Å². The average Bonchev–Trinajstić information content (AvgIpc) is 2.00. The Kier molecular flexibility index (Phi) is 5.72. The molecule has 0 amide bonds. The lowest BCUT2D eigenvalue weighted by molar-refractivity contribution is -0.150. The van der Waals surface area contributed by atoms with Crippen LogP contribution in [0.15, 0.2) is 0 Å². The number of rotatable bonds is 5. The minimum absolute atomic E-state index is 0.159. The Bertz CT molecular complexity index is 132. The molecule has 1 unspecified atom stereocenters. The summed E-state index contributed by atoms with van der Waals surface area (Å²) in [7, 11) is 1.58. The van der Waals surface area contributed by atoms with E-state index in [1.54, 1.807) is 14.0 Å². The fourth-order valence-corrected chi connectivity index (χ4v) is 0.709. The van der Waals surface area contributed by atoms with E-state index in [0.29, 0.717) is 19.1 Å². The Morgan fingerprint density at radius 2 is 1.83 bits per heavy atom. The molecule has 0 aromatic heterocycles. The van der Waals surface area contributed by atoms with Crippen LogP contribution in [0.25, 0.3) is 0 Å². The molecule has 0 aliphatic rings. The van der Waals surface area contributed by atoms with Crippen molar-refractivity contribution in [1.82, 2.24) is 0 Å². The molecule has 1 atom stereocenters. The molecule has 0 fully saturated rings. The van der Waals surface area contributed by atoms with Crippen LogP contribution in [0.3, 0.4) is 0 Å². The topological polar surface area (TPSA) is 35.5 Å². The molecule has 3 heteroatoms. The van der Waals surface area contributed by atoms with E-state index in [4.69, 9.17) is 9.47 Å². The number of carbonyl (C=O) groups excluding carboxylic acids is 1. The van der Waals surface area contributed by atoms with Gasteiger partial charge in [0.25, 0.3) is 0 Å². The minimum Gasteiger partial charge on any atom is -0.465 e. The number of methoxy groups -OCH3 is 1. The minimum atomic E-state index is -0.175. The Morgan fingerprint density at radius 1 is 1.25 bits per heavy atom. The molecule has 72 valence electrons. The van der Waals surface area contributed by atoms with E-state index >= 15 is 0 Å². The molecule has 0 N–H and O–H groups in total. The molecule has 12 heavy (non-hydrogen) atoms. The maximum atomic E-state index is 11.1. The smallest absolute Gasteiger partial charge is 0.311 e. The van der Waals surface area contributed by atoms with Gasteiger partial charge < -0.3 is 9.47 Å². The van der Waals surface area contributed by atoms with Crippen LogP contribution in [-0.2, 0) is 14.3 Å². The standard InChI is InChI=1S/C9H18O3/c1-7(2)5-12-9(10)8(3)6-11-4/h7-8H,5-6H2,1-4H3. The van der Waals surface area contributed by atoms with E-state index in [-0.39, 0.29) is 11.9 Å². The summed E-state index contributed by atoms with van der Waals surface area (Å²) in [6.45, 7) is 6.73. The lowest BCUT2D eigenvalue weighted by Crippen LogP contribution is -2.20. The van der Waals surface area contributed by atoms with Crippen LogP contribution < -0.4 is 0 Å². The van der Waals surface area contributed by atoms with Gasteiger partial charge in [0.05, 0.1) is 19.1 Å². The molecule has 3 nitrogen and oxygen atoms in total. The second-order valence-corrected chi connectivity index (χ2v) is 3.38. The van der Waals surface area contributed by atoms with Gasteiger partial charge in [-0.05, 0) is 12.8 Å². The number of ether oxygens (including phenoxy) is 2. The largest absolute Gasteiger partial charge is 0.465 e. The summed E-state index contributed by atoms with van der Waals surface area (Å²) in [5.74, 6) is 0.0583. The van der Waals surface area contributed by atoms with Gasteiger partial charge in [0.15, 0.2) is 0 Å². The van der Waals surface area contributed by atoms with Gasteiger partial charge in [-0.1, -0.05) is 13.8 Å². The van der Waals surface area contributed by atoms with Crippen molar-refractivity contribution in [2.75, 3.05) is 20.3 Å². The predicted molar refractivity (Wildman–Crippen MR) is 46.8 cm³/mol. The zero-order chi connectivity index (χ0) is 9.56. The van der Waals surface area contributed by atoms with Crippen molar-refractivity contribution in [3.05, 3.63) is 0 Å². The molecule has 0 bridgehead atoms. The summed E-state index contributed by atoms with van der Waals surface area (Å²) >= 11 is 0. The summed E-state index contributed by atoms with van der Waals surface area (Å²) in [5, 5.41) is 0. The average molecular weight is 174 g/mol. The molecule has 0 aliphatic heterocycles. The first kappa shape index (κ1) is 11.4. The quantitative estimate of drug-likeness (QED) is 0.592. The van der Waals surface area contributed by atoms with Crippen molar-refractivity contribution in [3.63, 3.8) is 0 Å². The van der Waals surface area contributed by atoms with Crippen LogP contribution in [0.2, 0.25) is 0 Å². The molecule has 0 spiro atoms. The summed E-state index contributed by atoms with van der Waals surface area (Å²) in [6, 6.07) is 0. The first-order chi connectivity index (χ1) is 5.57. The van der Waals surface area contributed by atoms with Crippen LogP contribution in [0.5, 0.6) is 0 Å². The Hall–Kier alpha value is -0.570. The van der Waals surface area contributed by atoms with E-state index < -0.39 is 0 Å². The third-order valence-corrected chi connectivity index (χ3v) is 1.38. The van der Waals surface area contributed by atoms with Crippen molar-refractivity contribution in [1.29, 1.82) is 0 Å². The van der Waals surface area contributed by atoms with Gasteiger partial charge in [-0.25, -0.2) is 0 Å². The monoisotopic (exact) mass is 174 g/mol. The van der Waals surface area contributed by atoms with Crippen molar-refractivity contribution in [2.45, 2.75) is 20.8 Å². The molecule has 0 aromatic rings. The van der Waals surface area contributed by atoms with E-state index in [0.717, 1.165) is 0 Å². The molecule has 0 aliphatic carbocycles. The van der Waals surface area contributed by atoms with E-state index in [2.05, 4.69) is 0 Å². The van der Waals surface area contributed by atoms with Gasteiger partial charge in [0.2, 0.25) is 0 Å². The van der Waals surface area contributed by atoms with Crippen LogP contribution in [0, 0.1) is 11.8 Å². The van der Waals surface area contributed by atoms with E-state index in [1.807, 2.05) is 13.8 Å².